The molecule has 0 radical (unpaired) electrons. The van der Waals surface area contributed by atoms with Crippen molar-refractivity contribution in [3.8, 4) is 0 Å². The minimum atomic E-state index is -0.861. The number of thiophene rings is 1. The minimum absolute atomic E-state index is 0.392. The van der Waals surface area contributed by atoms with E-state index < -0.39 is 5.97 Å². The van der Waals surface area contributed by atoms with E-state index in [0.717, 1.165) is 21.8 Å². The molecule has 2 aromatic heterocycles. The highest BCUT2D eigenvalue weighted by atomic mass is 32.1. The molecular formula is C14H16N2O2S. The van der Waals surface area contributed by atoms with Crippen molar-refractivity contribution in [1.82, 2.24) is 10.3 Å². The van der Waals surface area contributed by atoms with Crippen LogP contribution in [0.1, 0.15) is 31.5 Å². The van der Waals surface area contributed by atoms with Crippen molar-refractivity contribution >= 4 is 17.3 Å². The number of rotatable bonds is 5. The van der Waals surface area contributed by atoms with Crippen LogP contribution in [0, 0.1) is 13.8 Å². The summed E-state index contributed by atoms with van der Waals surface area (Å²) in [7, 11) is 0. The van der Waals surface area contributed by atoms with Gasteiger partial charge in [0.05, 0.1) is 5.69 Å². The number of hydrogen-bond donors (Lipinski definition) is 2. The summed E-state index contributed by atoms with van der Waals surface area (Å²) in [5.41, 5.74) is 3.03. The van der Waals surface area contributed by atoms with Crippen molar-refractivity contribution in [1.29, 1.82) is 0 Å². The number of aryl methyl sites for hydroxylation is 2. The van der Waals surface area contributed by atoms with Gasteiger partial charge in [-0.1, -0.05) is 6.07 Å². The summed E-state index contributed by atoms with van der Waals surface area (Å²) in [5, 5.41) is 12.2. The molecule has 0 saturated carbocycles. The maximum Gasteiger partial charge on any atom is 0.345 e. The molecule has 2 N–H and O–H groups in total. The number of carbonyl (C=O) groups is 1. The molecule has 19 heavy (non-hydrogen) atoms. The van der Waals surface area contributed by atoms with Crippen molar-refractivity contribution in [2.24, 2.45) is 0 Å². The highest BCUT2D eigenvalue weighted by molar-refractivity contribution is 7.14. The number of hydrogen-bond acceptors (Lipinski definition) is 4. The molecule has 0 amide bonds. The van der Waals surface area contributed by atoms with Crippen LogP contribution in [0.15, 0.2) is 24.3 Å². The van der Waals surface area contributed by atoms with Crippen molar-refractivity contribution in [2.75, 3.05) is 0 Å². The van der Waals surface area contributed by atoms with Crippen LogP contribution < -0.4 is 5.32 Å². The predicted octanol–water partition coefficient (Wildman–Crippen LogP) is 2.75. The maximum atomic E-state index is 10.9. The fourth-order valence-corrected chi connectivity index (χ4v) is 2.70. The monoisotopic (exact) mass is 276 g/mol. The first-order valence-corrected chi connectivity index (χ1v) is 6.84. The molecule has 4 nitrogen and oxygen atoms in total. The van der Waals surface area contributed by atoms with Gasteiger partial charge in [0.2, 0.25) is 0 Å². The molecule has 0 aliphatic heterocycles. The molecule has 0 aliphatic rings. The van der Waals surface area contributed by atoms with Crippen LogP contribution >= 0.6 is 11.3 Å². The predicted molar refractivity (Wildman–Crippen MR) is 75.5 cm³/mol. The molecule has 0 spiro atoms. The van der Waals surface area contributed by atoms with E-state index in [9.17, 15) is 4.79 Å². The second-order valence-corrected chi connectivity index (χ2v) is 5.63. The normalized spacial score (nSPS) is 10.6. The zero-order valence-corrected chi connectivity index (χ0v) is 11.8. The third kappa shape index (κ3) is 3.62. The first-order chi connectivity index (χ1) is 9.06. The lowest BCUT2D eigenvalue weighted by atomic mass is 10.2. The number of nitrogens with zero attached hydrogens (tertiary/aromatic N) is 1. The van der Waals surface area contributed by atoms with Crippen LogP contribution in [0.4, 0.5) is 0 Å². The summed E-state index contributed by atoms with van der Waals surface area (Å²) < 4.78 is 0. The Morgan fingerprint density at radius 1 is 1.37 bits per heavy atom. The lowest BCUT2D eigenvalue weighted by molar-refractivity contribution is 0.0702. The Balaban J connectivity index is 1.94. The zero-order chi connectivity index (χ0) is 13.8. The second-order valence-electron chi connectivity index (χ2n) is 4.37. The molecule has 100 valence electrons. The molecule has 0 fully saturated rings. The molecule has 2 heterocycles. The maximum absolute atomic E-state index is 10.9. The van der Waals surface area contributed by atoms with E-state index >= 15 is 0 Å². The van der Waals surface area contributed by atoms with Crippen LogP contribution in [0.2, 0.25) is 0 Å². The van der Waals surface area contributed by atoms with Gasteiger partial charge >= 0.3 is 5.97 Å². The highest BCUT2D eigenvalue weighted by Gasteiger charge is 2.10. The highest BCUT2D eigenvalue weighted by Crippen LogP contribution is 2.21. The van der Waals surface area contributed by atoms with Gasteiger partial charge in [0.25, 0.3) is 0 Å². The van der Waals surface area contributed by atoms with Crippen LogP contribution in [-0.2, 0) is 13.1 Å². The number of aromatic nitrogens is 1. The summed E-state index contributed by atoms with van der Waals surface area (Å²) in [6.45, 7) is 5.25. The van der Waals surface area contributed by atoms with E-state index in [1.54, 1.807) is 6.07 Å². The minimum Gasteiger partial charge on any atom is -0.477 e. The second kappa shape index (κ2) is 5.95. The standard InChI is InChI=1S/C14H16N2O2S/c1-9-4-3-5-12(16-9)8-15-7-11-6-13(14(17)18)19-10(11)2/h3-6,15H,7-8H2,1-2H3,(H,17,18). The summed E-state index contributed by atoms with van der Waals surface area (Å²) >= 11 is 1.32. The Bertz CT molecular complexity index is 593. The van der Waals surface area contributed by atoms with Gasteiger partial charge in [-0.15, -0.1) is 11.3 Å². The van der Waals surface area contributed by atoms with Crippen LogP contribution in [-0.4, -0.2) is 16.1 Å². The van der Waals surface area contributed by atoms with Gasteiger partial charge in [-0.2, -0.15) is 0 Å². The molecule has 0 atom stereocenters. The van der Waals surface area contributed by atoms with Crippen molar-refractivity contribution in [3.63, 3.8) is 0 Å². The largest absolute Gasteiger partial charge is 0.477 e. The molecule has 0 unspecified atom stereocenters. The molecule has 5 heteroatoms. The van der Waals surface area contributed by atoms with Gasteiger partial charge in [-0.05, 0) is 37.6 Å². The van der Waals surface area contributed by atoms with E-state index in [4.69, 9.17) is 5.11 Å². The smallest absolute Gasteiger partial charge is 0.345 e. The van der Waals surface area contributed by atoms with Gasteiger partial charge in [0.15, 0.2) is 0 Å². The molecule has 2 rings (SSSR count). The summed E-state index contributed by atoms with van der Waals surface area (Å²) in [4.78, 5) is 16.7. The fraction of sp³-hybridized carbons (Fsp3) is 0.286. The third-order valence-electron chi connectivity index (χ3n) is 2.80. The molecule has 0 bridgehead atoms. The number of pyridine rings is 1. The van der Waals surface area contributed by atoms with E-state index in [1.807, 2.05) is 32.0 Å². The Morgan fingerprint density at radius 2 is 2.16 bits per heavy atom. The Morgan fingerprint density at radius 3 is 2.79 bits per heavy atom. The number of carboxylic acid groups (broad SMARTS) is 1. The first kappa shape index (κ1) is 13.7. The average Bonchev–Trinajstić information content (AvgIpc) is 2.71. The lowest BCUT2D eigenvalue weighted by Gasteiger charge is -2.04. The van der Waals surface area contributed by atoms with Crippen LogP contribution in [0.5, 0.6) is 0 Å². The number of aromatic carboxylic acids is 1. The summed E-state index contributed by atoms with van der Waals surface area (Å²) in [5.74, 6) is -0.861. The topological polar surface area (TPSA) is 62.2 Å². The Hall–Kier alpha value is -1.72. The van der Waals surface area contributed by atoms with E-state index in [-0.39, 0.29) is 0 Å². The van der Waals surface area contributed by atoms with Gasteiger partial charge in [0.1, 0.15) is 4.88 Å². The summed E-state index contributed by atoms with van der Waals surface area (Å²) in [6, 6.07) is 7.66. The van der Waals surface area contributed by atoms with E-state index in [1.165, 1.54) is 11.3 Å². The van der Waals surface area contributed by atoms with Gasteiger partial charge in [-0.25, -0.2) is 4.79 Å². The van der Waals surface area contributed by atoms with E-state index in [2.05, 4.69) is 10.3 Å². The Labute approximate surface area is 116 Å². The van der Waals surface area contributed by atoms with Crippen molar-refractivity contribution in [2.45, 2.75) is 26.9 Å². The molecule has 0 saturated heterocycles. The Kier molecular flexibility index (Phi) is 4.29. The first-order valence-electron chi connectivity index (χ1n) is 6.02. The number of nitrogens with one attached hydrogen (secondary N) is 1. The van der Waals surface area contributed by atoms with Crippen LogP contribution in [0.3, 0.4) is 0 Å². The fourth-order valence-electron chi connectivity index (χ4n) is 1.82. The van der Waals surface area contributed by atoms with Gasteiger partial charge < -0.3 is 10.4 Å². The SMILES string of the molecule is Cc1cccc(CNCc2cc(C(=O)O)sc2C)n1. The third-order valence-corrected chi connectivity index (χ3v) is 3.88. The lowest BCUT2D eigenvalue weighted by Crippen LogP contribution is -2.14. The van der Waals surface area contributed by atoms with Crippen molar-refractivity contribution < 1.29 is 9.90 Å². The van der Waals surface area contributed by atoms with Gasteiger partial charge in [-0.3, -0.25) is 4.98 Å². The molecule has 0 aliphatic carbocycles. The molecule has 2 aromatic rings. The van der Waals surface area contributed by atoms with Gasteiger partial charge in [0, 0.05) is 23.7 Å². The number of carboxylic acids is 1. The van der Waals surface area contributed by atoms with Crippen LogP contribution in [0.25, 0.3) is 0 Å². The van der Waals surface area contributed by atoms with Crippen molar-refractivity contribution in [3.05, 3.63) is 51.0 Å². The molecular weight excluding hydrogens is 260 g/mol. The quantitative estimate of drug-likeness (QED) is 0.881. The average molecular weight is 276 g/mol. The zero-order valence-electron chi connectivity index (χ0n) is 10.9. The van der Waals surface area contributed by atoms with E-state index in [0.29, 0.717) is 18.0 Å². The molecule has 0 aromatic carbocycles. The summed E-state index contributed by atoms with van der Waals surface area (Å²) in [6.07, 6.45) is 0.